The molecule has 12 heavy (non-hydrogen) atoms. The summed E-state index contributed by atoms with van der Waals surface area (Å²) >= 11 is 5.71. The summed E-state index contributed by atoms with van der Waals surface area (Å²) in [4.78, 5) is 11.8. The Morgan fingerprint density at radius 3 is 2.83 bits per heavy atom. The fraction of sp³-hybridized carbons (Fsp3) is 0. The van der Waals surface area contributed by atoms with Crippen LogP contribution in [0.4, 0.5) is 5.95 Å². The molecule has 4 nitrogen and oxygen atoms in total. The second kappa shape index (κ2) is 2.57. The average molecular weight is 181 g/mol. The highest BCUT2D eigenvalue weighted by Crippen LogP contribution is 2.13. The van der Waals surface area contributed by atoms with Crippen molar-refractivity contribution in [3.05, 3.63) is 23.5 Å². The van der Waals surface area contributed by atoms with Gasteiger partial charge in [0.15, 0.2) is 0 Å². The predicted molar refractivity (Wildman–Crippen MR) is 46.8 cm³/mol. The lowest BCUT2D eigenvalue weighted by molar-refractivity contribution is 1.21. The minimum absolute atomic E-state index is 0.228. The lowest BCUT2D eigenvalue weighted by Crippen LogP contribution is -1.94. The number of halogens is 1. The molecule has 0 bridgehead atoms. The minimum Gasteiger partial charge on any atom is -0.368 e. The molecule has 0 unspecified atom stereocenters. The summed E-state index contributed by atoms with van der Waals surface area (Å²) in [7, 11) is 0. The molecule has 2 N–H and O–H groups in total. The van der Waals surface area contributed by atoms with Crippen molar-refractivity contribution >= 4 is 28.6 Å². The zero-order valence-electron chi connectivity index (χ0n) is 6.03. The summed E-state index contributed by atoms with van der Waals surface area (Å²) in [5.74, 6) is 0.228. The number of anilines is 1. The first-order valence-electron chi connectivity index (χ1n) is 3.29. The van der Waals surface area contributed by atoms with Gasteiger partial charge in [-0.3, -0.25) is 4.98 Å². The molecule has 0 aliphatic rings. The molecule has 0 atom stereocenters. The Morgan fingerprint density at radius 1 is 1.17 bits per heavy atom. The normalized spacial score (nSPS) is 10.4. The second-order valence-electron chi connectivity index (χ2n) is 2.29. The third kappa shape index (κ3) is 1.16. The molecular formula is C7H5ClN4. The third-order valence-corrected chi connectivity index (χ3v) is 1.62. The van der Waals surface area contributed by atoms with E-state index < -0.39 is 0 Å². The van der Waals surface area contributed by atoms with E-state index in [9.17, 15) is 0 Å². The number of aromatic nitrogens is 3. The van der Waals surface area contributed by atoms with E-state index in [4.69, 9.17) is 17.3 Å². The molecule has 0 saturated carbocycles. The van der Waals surface area contributed by atoms with Crippen molar-refractivity contribution in [1.82, 2.24) is 15.0 Å². The zero-order valence-corrected chi connectivity index (χ0v) is 6.78. The molecule has 0 aliphatic heterocycles. The number of rotatable bonds is 0. The van der Waals surface area contributed by atoms with Gasteiger partial charge in [0.25, 0.3) is 0 Å². The van der Waals surface area contributed by atoms with Gasteiger partial charge < -0.3 is 5.73 Å². The number of nitrogens with two attached hydrogens (primary N) is 1. The van der Waals surface area contributed by atoms with Crippen LogP contribution in [0, 0.1) is 0 Å². The van der Waals surface area contributed by atoms with E-state index in [2.05, 4.69) is 15.0 Å². The van der Waals surface area contributed by atoms with Crippen molar-refractivity contribution in [3.63, 3.8) is 0 Å². The molecule has 5 heteroatoms. The van der Waals surface area contributed by atoms with E-state index in [0.717, 1.165) is 0 Å². The van der Waals surface area contributed by atoms with Gasteiger partial charge in [-0.05, 0) is 6.07 Å². The smallest absolute Gasteiger partial charge is 0.220 e. The fourth-order valence-corrected chi connectivity index (χ4v) is 1.06. The molecule has 0 aliphatic carbocycles. The molecular weight excluding hydrogens is 176 g/mol. The SMILES string of the molecule is Nc1ncc2ncc(Cl)cc2n1. The Balaban J connectivity index is 2.80. The van der Waals surface area contributed by atoms with Crippen LogP contribution in [-0.2, 0) is 0 Å². The van der Waals surface area contributed by atoms with Crippen molar-refractivity contribution in [2.45, 2.75) is 0 Å². The maximum absolute atomic E-state index is 5.71. The molecule has 0 spiro atoms. The molecule has 2 aromatic rings. The Morgan fingerprint density at radius 2 is 2.00 bits per heavy atom. The maximum atomic E-state index is 5.71. The standard InChI is InChI=1S/C7H5ClN4/c8-4-1-5-6(10-2-4)3-11-7(9)12-5/h1-3H,(H2,9,11,12). The summed E-state index contributed by atoms with van der Waals surface area (Å²) in [6, 6.07) is 1.70. The lowest BCUT2D eigenvalue weighted by atomic mass is 10.4. The first-order valence-corrected chi connectivity index (χ1v) is 3.67. The monoisotopic (exact) mass is 180 g/mol. The largest absolute Gasteiger partial charge is 0.368 e. The number of hydrogen-bond donors (Lipinski definition) is 1. The van der Waals surface area contributed by atoms with Crippen molar-refractivity contribution in [3.8, 4) is 0 Å². The van der Waals surface area contributed by atoms with Gasteiger partial charge in [-0.2, -0.15) is 0 Å². The first kappa shape index (κ1) is 7.24. The molecule has 0 saturated heterocycles. The van der Waals surface area contributed by atoms with E-state index in [1.165, 1.54) is 0 Å². The highest BCUT2D eigenvalue weighted by Gasteiger charge is 1.97. The topological polar surface area (TPSA) is 64.7 Å². The maximum Gasteiger partial charge on any atom is 0.220 e. The molecule has 60 valence electrons. The summed E-state index contributed by atoms with van der Waals surface area (Å²) in [6.07, 6.45) is 3.11. The summed E-state index contributed by atoms with van der Waals surface area (Å²) in [6.45, 7) is 0. The van der Waals surface area contributed by atoms with E-state index in [1.54, 1.807) is 18.5 Å². The summed E-state index contributed by atoms with van der Waals surface area (Å²) in [5, 5.41) is 0.542. The molecule has 2 rings (SSSR count). The van der Waals surface area contributed by atoms with Gasteiger partial charge in [0.05, 0.1) is 16.7 Å². The van der Waals surface area contributed by atoms with Crippen LogP contribution in [-0.4, -0.2) is 15.0 Å². The van der Waals surface area contributed by atoms with Crippen molar-refractivity contribution in [2.24, 2.45) is 0 Å². The van der Waals surface area contributed by atoms with Gasteiger partial charge in [0, 0.05) is 6.20 Å². The van der Waals surface area contributed by atoms with Gasteiger partial charge in [-0.1, -0.05) is 11.6 Å². The minimum atomic E-state index is 0.228. The van der Waals surface area contributed by atoms with Crippen LogP contribution in [0.15, 0.2) is 18.5 Å². The molecule has 0 radical (unpaired) electrons. The lowest BCUT2D eigenvalue weighted by Gasteiger charge is -1.96. The first-order chi connectivity index (χ1) is 5.75. The van der Waals surface area contributed by atoms with E-state index in [0.29, 0.717) is 16.1 Å². The average Bonchev–Trinajstić information content (AvgIpc) is 2.03. The molecule has 0 fully saturated rings. The highest BCUT2D eigenvalue weighted by molar-refractivity contribution is 6.31. The van der Waals surface area contributed by atoms with E-state index >= 15 is 0 Å². The number of fused-ring (bicyclic) bond motifs is 1. The summed E-state index contributed by atoms with van der Waals surface area (Å²) < 4.78 is 0. The van der Waals surface area contributed by atoms with Crippen LogP contribution >= 0.6 is 11.6 Å². The Labute approximate surface area is 73.4 Å². The third-order valence-electron chi connectivity index (χ3n) is 1.42. The number of nitrogens with zero attached hydrogens (tertiary/aromatic N) is 3. The van der Waals surface area contributed by atoms with Gasteiger partial charge in [0.2, 0.25) is 5.95 Å². The predicted octanol–water partition coefficient (Wildman–Crippen LogP) is 1.26. The van der Waals surface area contributed by atoms with Crippen molar-refractivity contribution < 1.29 is 0 Å². The van der Waals surface area contributed by atoms with Crippen LogP contribution in [0.2, 0.25) is 5.02 Å². The Bertz CT molecular complexity index is 392. The van der Waals surface area contributed by atoms with E-state index in [-0.39, 0.29) is 5.95 Å². The zero-order chi connectivity index (χ0) is 8.55. The highest BCUT2D eigenvalue weighted by atomic mass is 35.5. The quantitative estimate of drug-likeness (QED) is 0.663. The van der Waals surface area contributed by atoms with Crippen LogP contribution in [0.5, 0.6) is 0 Å². The number of nitrogen functional groups attached to an aromatic ring is 1. The molecule has 2 heterocycles. The van der Waals surface area contributed by atoms with Gasteiger partial charge >= 0.3 is 0 Å². The van der Waals surface area contributed by atoms with E-state index in [1.807, 2.05) is 0 Å². The van der Waals surface area contributed by atoms with Crippen molar-refractivity contribution in [2.75, 3.05) is 5.73 Å². The second-order valence-corrected chi connectivity index (χ2v) is 2.72. The number of pyridine rings is 1. The van der Waals surface area contributed by atoms with Crippen molar-refractivity contribution in [1.29, 1.82) is 0 Å². The Kier molecular flexibility index (Phi) is 1.55. The molecule has 2 aromatic heterocycles. The molecule has 0 amide bonds. The van der Waals surface area contributed by atoms with Gasteiger partial charge in [-0.15, -0.1) is 0 Å². The Hall–Kier alpha value is -1.42. The fourth-order valence-electron chi connectivity index (χ4n) is 0.908. The summed E-state index contributed by atoms with van der Waals surface area (Å²) in [5.41, 5.74) is 6.73. The van der Waals surface area contributed by atoms with Crippen LogP contribution in [0.1, 0.15) is 0 Å². The van der Waals surface area contributed by atoms with Crippen LogP contribution < -0.4 is 5.73 Å². The van der Waals surface area contributed by atoms with Crippen LogP contribution in [0.25, 0.3) is 11.0 Å². The van der Waals surface area contributed by atoms with Crippen LogP contribution in [0.3, 0.4) is 0 Å². The molecule has 0 aromatic carbocycles. The van der Waals surface area contributed by atoms with Gasteiger partial charge in [-0.25, -0.2) is 9.97 Å². The van der Waals surface area contributed by atoms with Gasteiger partial charge in [0.1, 0.15) is 5.52 Å². The number of hydrogen-bond acceptors (Lipinski definition) is 4.